The smallest absolute Gasteiger partial charge is 0.317 e. The third kappa shape index (κ3) is 5.76. The van der Waals surface area contributed by atoms with Crippen LogP contribution in [0.25, 0.3) is 0 Å². The topological polar surface area (TPSA) is 61.9 Å². The fourth-order valence-electron chi connectivity index (χ4n) is 2.67. The lowest BCUT2D eigenvalue weighted by molar-refractivity contribution is -0.132. The minimum atomic E-state index is -0.0714. The third-order valence-electron chi connectivity index (χ3n) is 4.13. The summed E-state index contributed by atoms with van der Waals surface area (Å²) >= 11 is 0. The maximum absolute atomic E-state index is 12.2. The molecule has 3 amide bonds. The van der Waals surface area contributed by atoms with Gasteiger partial charge in [0.25, 0.3) is 0 Å². The van der Waals surface area contributed by atoms with E-state index in [1.807, 2.05) is 35.2 Å². The van der Waals surface area contributed by atoms with E-state index in [1.54, 1.807) is 14.1 Å². The highest BCUT2D eigenvalue weighted by molar-refractivity contribution is 5.76. The highest BCUT2D eigenvalue weighted by Crippen LogP contribution is 2.13. The van der Waals surface area contributed by atoms with Gasteiger partial charge in [-0.1, -0.05) is 18.2 Å². The Kier molecular flexibility index (Phi) is 6.90. The number of carbonyl (C=O) groups is 2. The van der Waals surface area contributed by atoms with Crippen molar-refractivity contribution >= 4 is 11.9 Å². The Hall–Kier alpha value is -2.24. The number of nitrogens with one attached hydrogen (secondary N) is 1. The van der Waals surface area contributed by atoms with Gasteiger partial charge < -0.3 is 19.9 Å². The molecule has 0 aliphatic carbocycles. The van der Waals surface area contributed by atoms with Crippen LogP contribution in [0.3, 0.4) is 0 Å². The largest absolute Gasteiger partial charge is 0.494 e. The maximum Gasteiger partial charge on any atom is 0.317 e. The zero-order chi connectivity index (χ0) is 17.4. The molecular formula is C18H27N3O3. The lowest BCUT2D eigenvalue weighted by Gasteiger charge is -2.33. The zero-order valence-electron chi connectivity index (χ0n) is 14.5. The van der Waals surface area contributed by atoms with Crippen molar-refractivity contribution in [3.05, 3.63) is 30.3 Å². The van der Waals surface area contributed by atoms with Crippen molar-refractivity contribution < 1.29 is 14.3 Å². The molecule has 0 unspecified atom stereocenters. The number of carbonyl (C=O) groups excluding carboxylic acids is 2. The quantitative estimate of drug-likeness (QED) is 0.811. The molecule has 0 spiro atoms. The van der Waals surface area contributed by atoms with Gasteiger partial charge in [0.2, 0.25) is 5.91 Å². The molecule has 1 saturated heterocycles. The van der Waals surface area contributed by atoms with E-state index in [4.69, 9.17) is 4.74 Å². The van der Waals surface area contributed by atoms with Crippen molar-refractivity contribution in [1.29, 1.82) is 0 Å². The normalized spacial score (nSPS) is 15.0. The first kappa shape index (κ1) is 18.1. The van der Waals surface area contributed by atoms with Crippen LogP contribution in [0.1, 0.15) is 25.7 Å². The zero-order valence-corrected chi connectivity index (χ0v) is 14.5. The van der Waals surface area contributed by atoms with E-state index in [-0.39, 0.29) is 18.0 Å². The average molecular weight is 333 g/mol. The summed E-state index contributed by atoms with van der Waals surface area (Å²) in [7, 11) is 3.46. The van der Waals surface area contributed by atoms with E-state index in [0.717, 1.165) is 18.6 Å². The van der Waals surface area contributed by atoms with Crippen molar-refractivity contribution in [2.45, 2.75) is 31.7 Å². The predicted molar refractivity (Wildman–Crippen MR) is 93.0 cm³/mol. The summed E-state index contributed by atoms with van der Waals surface area (Å²) in [5, 5.41) is 2.98. The van der Waals surface area contributed by atoms with E-state index in [2.05, 4.69) is 5.32 Å². The number of hydrogen-bond donors (Lipinski definition) is 1. The van der Waals surface area contributed by atoms with Crippen molar-refractivity contribution in [2.24, 2.45) is 0 Å². The van der Waals surface area contributed by atoms with Crippen molar-refractivity contribution in [3.63, 3.8) is 0 Å². The number of para-hydroxylation sites is 1. The minimum absolute atomic E-state index is 0.0714. The van der Waals surface area contributed by atoms with Gasteiger partial charge >= 0.3 is 6.03 Å². The number of hydrogen-bond acceptors (Lipinski definition) is 3. The molecule has 6 heteroatoms. The van der Waals surface area contributed by atoms with E-state index in [0.29, 0.717) is 32.5 Å². The van der Waals surface area contributed by atoms with Crippen LogP contribution >= 0.6 is 0 Å². The highest BCUT2D eigenvalue weighted by atomic mass is 16.5. The van der Waals surface area contributed by atoms with E-state index in [1.165, 1.54) is 4.90 Å². The fraction of sp³-hybridized carbons (Fsp3) is 0.556. The summed E-state index contributed by atoms with van der Waals surface area (Å²) in [6.45, 7) is 1.96. The minimum Gasteiger partial charge on any atom is -0.494 e. The molecule has 0 radical (unpaired) electrons. The van der Waals surface area contributed by atoms with E-state index in [9.17, 15) is 9.59 Å². The van der Waals surface area contributed by atoms with Crippen LogP contribution in [0.5, 0.6) is 5.75 Å². The summed E-state index contributed by atoms with van der Waals surface area (Å²) < 4.78 is 5.60. The summed E-state index contributed by atoms with van der Waals surface area (Å²) in [4.78, 5) is 27.3. The molecule has 0 atom stereocenters. The number of nitrogens with zero attached hydrogens (tertiary/aromatic N) is 2. The van der Waals surface area contributed by atoms with Crippen LogP contribution in [0.2, 0.25) is 0 Å². The predicted octanol–water partition coefficient (Wildman–Crippen LogP) is 2.11. The number of urea groups is 1. The molecule has 0 saturated carbocycles. The number of rotatable bonds is 6. The molecule has 1 aliphatic rings. The molecule has 24 heavy (non-hydrogen) atoms. The van der Waals surface area contributed by atoms with E-state index < -0.39 is 0 Å². The molecule has 132 valence electrons. The van der Waals surface area contributed by atoms with Gasteiger partial charge in [-0.05, 0) is 31.4 Å². The second-order valence-corrected chi connectivity index (χ2v) is 6.26. The van der Waals surface area contributed by atoms with Crippen LogP contribution in [-0.2, 0) is 4.79 Å². The van der Waals surface area contributed by atoms with Gasteiger partial charge in [-0.3, -0.25) is 4.79 Å². The molecule has 2 rings (SSSR count). The molecule has 0 bridgehead atoms. The van der Waals surface area contributed by atoms with Crippen LogP contribution in [-0.4, -0.2) is 61.6 Å². The van der Waals surface area contributed by atoms with Crippen LogP contribution in [0.4, 0.5) is 4.79 Å². The first-order valence-electron chi connectivity index (χ1n) is 8.49. The van der Waals surface area contributed by atoms with Gasteiger partial charge in [0.15, 0.2) is 0 Å². The second-order valence-electron chi connectivity index (χ2n) is 6.26. The molecule has 1 fully saturated rings. The third-order valence-corrected chi connectivity index (χ3v) is 4.13. The monoisotopic (exact) mass is 333 g/mol. The lowest BCUT2D eigenvalue weighted by Crippen LogP contribution is -2.48. The molecule has 1 heterocycles. The molecule has 1 N–H and O–H groups in total. The standard InChI is InChI=1S/C18H27N3O3/c1-20(2)18(23)19-15-10-12-21(13-11-15)17(22)9-6-14-24-16-7-4-3-5-8-16/h3-5,7-8,15H,6,9-14H2,1-2H3,(H,19,23). The van der Waals surface area contributed by atoms with Gasteiger partial charge in [-0.2, -0.15) is 0 Å². The Balaban J connectivity index is 1.61. The lowest BCUT2D eigenvalue weighted by atomic mass is 10.0. The number of likely N-dealkylation sites (tertiary alicyclic amines) is 1. The first-order chi connectivity index (χ1) is 11.6. The first-order valence-corrected chi connectivity index (χ1v) is 8.49. The van der Waals surface area contributed by atoms with Crippen molar-refractivity contribution in [2.75, 3.05) is 33.8 Å². The molecule has 0 aromatic heterocycles. The van der Waals surface area contributed by atoms with Gasteiger partial charge in [0, 0.05) is 39.6 Å². The fourth-order valence-corrected chi connectivity index (χ4v) is 2.67. The van der Waals surface area contributed by atoms with Crippen LogP contribution in [0.15, 0.2) is 30.3 Å². The summed E-state index contributed by atoms with van der Waals surface area (Å²) in [5.74, 6) is 1.01. The molecular weight excluding hydrogens is 306 g/mol. The Bertz CT molecular complexity index is 526. The molecule has 1 aromatic carbocycles. The average Bonchev–Trinajstić information content (AvgIpc) is 2.60. The van der Waals surface area contributed by atoms with Crippen LogP contribution in [0, 0.1) is 0 Å². The number of benzene rings is 1. The summed E-state index contributed by atoms with van der Waals surface area (Å²) in [6.07, 6.45) is 2.84. The van der Waals surface area contributed by atoms with Gasteiger partial charge in [0.05, 0.1) is 6.61 Å². The van der Waals surface area contributed by atoms with Crippen molar-refractivity contribution in [3.8, 4) is 5.75 Å². The Labute approximate surface area is 143 Å². The van der Waals surface area contributed by atoms with Gasteiger partial charge in [-0.15, -0.1) is 0 Å². The molecule has 1 aromatic rings. The Morgan fingerprint density at radius 2 is 1.88 bits per heavy atom. The molecule has 6 nitrogen and oxygen atoms in total. The second kappa shape index (κ2) is 9.15. The number of piperidine rings is 1. The number of ether oxygens (including phenoxy) is 1. The van der Waals surface area contributed by atoms with Crippen LogP contribution < -0.4 is 10.1 Å². The Morgan fingerprint density at radius 3 is 2.50 bits per heavy atom. The summed E-state index contributed by atoms with van der Waals surface area (Å²) in [5.41, 5.74) is 0. The molecule has 1 aliphatic heterocycles. The summed E-state index contributed by atoms with van der Waals surface area (Å²) in [6, 6.07) is 9.71. The highest BCUT2D eigenvalue weighted by Gasteiger charge is 2.23. The van der Waals surface area contributed by atoms with Crippen molar-refractivity contribution in [1.82, 2.24) is 15.1 Å². The number of amides is 3. The van der Waals surface area contributed by atoms with Gasteiger partial charge in [-0.25, -0.2) is 4.79 Å². The van der Waals surface area contributed by atoms with E-state index >= 15 is 0 Å². The SMILES string of the molecule is CN(C)C(=O)NC1CCN(C(=O)CCCOc2ccccc2)CC1. The Morgan fingerprint density at radius 1 is 1.21 bits per heavy atom. The maximum atomic E-state index is 12.2. The van der Waals surface area contributed by atoms with Gasteiger partial charge in [0.1, 0.15) is 5.75 Å².